The van der Waals surface area contributed by atoms with Gasteiger partial charge in [-0.05, 0) is 22.9 Å². The van der Waals surface area contributed by atoms with Crippen LogP contribution in [0.2, 0.25) is 0 Å². The highest BCUT2D eigenvalue weighted by Crippen LogP contribution is 2.32. The second-order valence-corrected chi connectivity index (χ2v) is 5.56. The number of fused-ring (bicyclic) bond motifs is 1. The van der Waals surface area contributed by atoms with E-state index in [9.17, 15) is 4.39 Å². The van der Waals surface area contributed by atoms with Crippen molar-refractivity contribution in [2.24, 2.45) is 0 Å². The molecule has 1 atom stereocenters. The lowest BCUT2D eigenvalue weighted by molar-refractivity contribution is 0.188. The molecule has 20 heavy (non-hydrogen) atoms. The number of thiophene rings is 1. The third-order valence-electron chi connectivity index (χ3n) is 3.25. The number of hydrogen-bond donors (Lipinski definition) is 0. The van der Waals surface area contributed by atoms with Crippen LogP contribution in [0.25, 0.3) is 10.8 Å². The predicted molar refractivity (Wildman–Crippen MR) is 82.2 cm³/mol. The summed E-state index contributed by atoms with van der Waals surface area (Å²) in [5.74, 6) is 0.815. The van der Waals surface area contributed by atoms with Crippen LogP contribution in [0.15, 0.2) is 60.0 Å². The first-order valence-electron chi connectivity index (χ1n) is 6.62. The van der Waals surface area contributed by atoms with E-state index in [1.54, 1.807) is 11.3 Å². The van der Waals surface area contributed by atoms with Crippen molar-refractivity contribution in [2.45, 2.75) is 12.5 Å². The number of alkyl halides is 1. The van der Waals surface area contributed by atoms with Gasteiger partial charge < -0.3 is 4.74 Å². The molecule has 0 aliphatic rings. The molecule has 2 aromatic carbocycles. The zero-order chi connectivity index (χ0) is 13.8. The van der Waals surface area contributed by atoms with Gasteiger partial charge in [-0.15, -0.1) is 11.3 Å². The molecule has 0 amide bonds. The quantitative estimate of drug-likeness (QED) is 0.611. The molecule has 0 spiro atoms. The maximum Gasteiger partial charge on any atom is 0.135 e. The predicted octanol–water partition coefficient (Wildman–Crippen LogP) is 5.38. The minimum absolute atomic E-state index is 0.217. The molecule has 1 aromatic heterocycles. The van der Waals surface area contributed by atoms with Crippen LogP contribution in [0.4, 0.5) is 4.39 Å². The Labute approximate surface area is 121 Å². The Balaban J connectivity index is 1.94. The summed E-state index contributed by atoms with van der Waals surface area (Å²) in [6.45, 7) is -0.382. The minimum atomic E-state index is -0.382. The number of ether oxygens (including phenoxy) is 1. The van der Waals surface area contributed by atoms with E-state index >= 15 is 0 Å². The summed E-state index contributed by atoms with van der Waals surface area (Å²) in [7, 11) is 0. The van der Waals surface area contributed by atoms with Gasteiger partial charge in [-0.1, -0.05) is 42.5 Å². The van der Waals surface area contributed by atoms with Gasteiger partial charge in [0.05, 0.1) is 6.67 Å². The second kappa shape index (κ2) is 6.06. The molecule has 0 saturated heterocycles. The average Bonchev–Trinajstić information content (AvgIpc) is 3.01. The molecule has 1 nitrogen and oxygen atoms in total. The van der Waals surface area contributed by atoms with Crippen molar-refractivity contribution in [1.29, 1.82) is 0 Å². The largest absolute Gasteiger partial charge is 0.484 e. The Morgan fingerprint density at radius 3 is 2.65 bits per heavy atom. The number of hydrogen-bond acceptors (Lipinski definition) is 2. The van der Waals surface area contributed by atoms with Gasteiger partial charge in [0.1, 0.15) is 11.9 Å². The lowest BCUT2D eigenvalue weighted by Crippen LogP contribution is -2.07. The van der Waals surface area contributed by atoms with Crippen LogP contribution in [0.1, 0.15) is 17.4 Å². The Kier molecular flexibility index (Phi) is 3.97. The van der Waals surface area contributed by atoms with Crippen molar-refractivity contribution < 1.29 is 9.13 Å². The molecule has 0 aliphatic heterocycles. The standard InChI is InChI=1S/C17H15FOS/c18-11-10-16(17-9-4-12-20-17)19-15-8-3-6-13-5-1-2-7-14(13)15/h1-9,12,16H,10-11H2. The fourth-order valence-corrected chi connectivity index (χ4v) is 3.07. The summed E-state index contributed by atoms with van der Waals surface area (Å²) < 4.78 is 18.9. The van der Waals surface area contributed by atoms with Crippen molar-refractivity contribution >= 4 is 22.1 Å². The average molecular weight is 286 g/mol. The Morgan fingerprint density at radius 1 is 1.00 bits per heavy atom. The lowest BCUT2D eigenvalue weighted by Gasteiger charge is -2.18. The number of benzene rings is 2. The molecule has 0 radical (unpaired) electrons. The molecular formula is C17H15FOS. The van der Waals surface area contributed by atoms with Crippen LogP contribution in [0, 0.1) is 0 Å². The van der Waals surface area contributed by atoms with E-state index in [-0.39, 0.29) is 12.8 Å². The zero-order valence-corrected chi connectivity index (χ0v) is 11.8. The minimum Gasteiger partial charge on any atom is -0.484 e. The van der Waals surface area contributed by atoms with Crippen LogP contribution in [0.3, 0.4) is 0 Å². The van der Waals surface area contributed by atoms with Crippen molar-refractivity contribution in [3.63, 3.8) is 0 Å². The fourth-order valence-electron chi connectivity index (χ4n) is 2.28. The van der Waals surface area contributed by atoms with Gasteiger partial charge in [0, 0.05) is 16.7 Å². The van der Waals surface area contributed by atoms with E-state index in [1.807, 2.05) is 47.8 Å². The smallest absolute Gasteiger partial charge is 0.135 e. The first-order valence-corrected chi connectivity index (χ1v) is 7.50. The maximum atomic E-state index is 12.8. The van der Waals surface area contributed by atoms with Crippen LogP contribution in [0.5, 0.6) is 5.75 Å². The van der Waals surface area contributed by atoms with Crippen LogP contribution >= 0.6 is 11.3 Å². The molecule has 0 bridgehead atoms. The summed E-state index contributed by atoms with van der Waals surface area (Å²) in [6.07, 6.45) is 0.162. The van der Waals surface area contributed by atoms with Gasteiger partial charge in [-0.25, -0.2) is 0 Å². The molecule has 0 saturated carbocycles. The van der Waals surface area contributed by atoms with Crippen LogP contribution in [-0.4, -0.2) is 6.67 Å². The van der Waals surface area contributed by atoms with Crippen LogP contribution < -0.4 is 4.74 Å². The Hall–Kier alpha value is -1.87. The molecule has 102 valence electrons. The highest BCUT2D eigenvalue weighted by atomic mass is 32.1. The third-order valence-corrected chi connectivity index (χ3v) is 4.22. The summed E-state index contributed by atoms with van der Waals surface area (Å²) in [6, 6.07) is 18.0. The molecule has 3 heteroatoms. The highest BCUT2D eigenvalue weighted by Gasteiger charge is 2.15. The first kappa shape index (κ1) is 13.1. The van der Waals surface area contributed by atoms with Gasteiger partial charge in [0.15, 0.2) is 0 Å². The Bertz CT molecular complexity index is 673. The second-order valence-electron chi connectivity index (χ2n) is 4.58. The van der Waals surface area contributed by atoms with E-state index < -0.39 is 0 Å². The SMILES string of the molecule is FCCC(Oc1cccc2ccccc12)c1cccs1. The number of rotatable bonds is 5. The maximum absolute atomic E-state index is 12.8. The van der Waals surface area contributed by atoms with Crippen molar-refractivity contribution in [3.05, 3.63) is 64.9 Å². The van der Waals surface area contributed by atoms with E-state index in [1.165, 1.54) is 0 Å². The molecule has 3 aromatic rings. The molecule has 0 fully saturated rings. The van der Waals surface area contributed by atoms with E-state index in [0.717, 1.165) is 21.4 Å². The van der Waals surface area contributed by atoms with E-state index in [2.05, 4.69) is 12.1 Å². The Morgan fingerprint density at radius 2 is 1.85 bits per heavy atom. The van der Waals surface area contributed by atoms with Crippen LogP contribution in [-0.2, 0) is 0 Å². The topological polar surface area (TPSA) is 9.23 Å². The summed E-state index contributed by atoms with van der Waals surface area (Å²) in [5, 5.41) is 4.19. The van der Waals surface area contributed by atoms with Crippen molar-refractivity contribution in [3.8, 4) is 5.75 Å². The molecular weight excluding hydrogens is 271 g/mol. The lowest BCUT2D eigenvalue weighted by atomic mass is 10.1. The van der Waals surface area contributed by atoms with Gasteiger partial charge in [0.2, 0.25) is 0 Å². The van der Waals surface area contributed by atoms with Gasteiger partial charge in [-0.3, -0.25) is 4.39 Å². The molecule has 3 rings (SSSR count). The summed E-state index contributed by atoms with van der Waals surface area (Å²) in [4.78, 5) is 1.07. The molecule has 0 aliphatic carbocycles. The monoisotopic (exact) mass is 286 g/mol. The molecule has 1 heterocycles. The first-order chi connectivity index (χ1) is 9.88. The molecule has 1 unspecified atom stereocenters. The van der Waals surface area contributed by atoms with Crippen molar-refractivity contribution in [2.75, 3.05) is 6.67 Å². The third kappa shape index (κ3) is 2.68. The summed E-state index contributed by atoms with van der Waals surface area (Å²) in [5.41, 5.74) is 0. The van der Waals surface area contributed by atoms with Crippen molar-refractivity contribution in [1.82, 2.24) is 0 Å². The fraction of sp³-hybridized carbons (Fsp3) is 0.176. The number of halogens is 1. The highest BCUT2D eigenvalue weighted by molar-refractivity contribution is 7.10. The molecule has 0 N–H and O–H groups in total. The van der Waals surface area contributed by atoms with Gasteiger partial charge in [0.25, 0.3) is 0 Å². The van der Waals surface area contributed by atoms with E-state index in [4.69, 9.17) is 4.74 Å². The normalized spacial score (nSPS) is 12.4. The zero-order valence-electron chi connectivity index (χ0n) is 11.0. The van der Waals surface area contributed by atoms with Gasteiger partial charge in [-0.2, -0.15) is 0 Å². The van der Waals surface area contributed by atoms with Gasteiger partial charge >= 0.3 is 0 Å². The van der Waals surface area contributed by atoms with E-state index in [0.29, 0.717) is 6.42 Å². The summed E-state index contributed by atoms with van der Waals surface area (Å²) >= 11 is 1.60.